The summed E-state index contributed by atoms with van der Waals surface area (Å²) in [5, 5.41) is 10.6. The van der Waals surface area contributed by atoms with Crippen molar-refractivity contribution in [2.24, 2.45) is 5.92 Å². The highest BCUT2D eigenvalue weighted by Gasteiger charge is 2.38. The van der Waals surface area contributed by atoms with Crippen LogP contribution in [-0.2, 0) is 15.7 Å². The Morgan fingerprint density at radius 2 is 1.79 bits per heavy atom. The molecule has 4 rings (SSSR count). The standard InChI is InChI=1S/C20H16F5N5O3/c21-12-1-2-13(14(22)9-12)15(31)10-33-18(32)11-5-7-29(8-6-11)17-4-3-16-26-27-19(20(23,24)25)30(16)28-17/h1-4,9,11H,5-8,10H2. The van der Waals surface area contributed by atoms with Gasteiger partial charge in [0.25, 0.3) is 5.82 Å². The number of ketones is 1. The number of esters is 1. The summed E-state index contributed by atoms with van der Waals surface area (Å²) >= 11 is 0. The van der Waals surface area contributed by atoms with E-state index in [1.165, 1.54) is 12.1 Å². The van der Waals surface area contributed by atoms with E-state index < -0.39 is 47.9 Å². The van der Waals surface area contributed by atoms with Crippen LogP contribution in [-0.4, -0.2) is 51.3 Å². The van der Waals surface area contributed by atoms with Crippen LogP contribution in [0.15, 0.2) is 30.3 Å². The lowest BCUT2D eigenvalue weighted by Crippen LogP contribution is -2.38. The molecule has 174 valence electrons. The zero-order valence-corrected chi connectivity index (χ0v) is 16.9. The molecule has 0 radical (unpaired) electrons. The van der Waals surface area contributed by atoms with Crippen LogP contribution in [0.2, 0.25) is 0 Å². The van der Waals surface area contributed by atoms with Crippen molar-refractivity contribution in [2.75, 3.05) is 24.6 Å². The first-order valence-corrected chi connectivity index (χ1v) is 9.83. The minimum Gasteiger partial charge on any atom is -0.457 e. The van der Waals surface area contributed by atoms with Gasteiger partial charge < -0.3 is 9.64 Å². The molecule has 13 heteroatoms. The SMILES string of the molecule is O=C(COC(=O)C1CCN(c2ccc3nnc(C(F)(F)F)n3n2)CC1)c1ccc(F)cc1F. The lowest BCUT2D eigenvalue weighted by atomic mass is 9.97. The van der Waals surface area contributed by atoms with E-state index in [1.54, 1.807) is 4.90 Å². The van der Waals surface area contributed by atoms with Gasteiger partial charge in [0.05, 0.1) is 11.5 Å². The van der Waals surface area contributed by atoms with E-state index in [0.717, 1.165) is 12.1 Å². The molecule has 1 fully saturated rings. The number of rotatable bonds is 5. The van der Waals surface area contributed by atoms with E-state index in [9.17, 15) is 31.5 Å². The molecule has 0 unspecified atom stereocenters. The molecule has 0 aliphatic carbocycles. The number of alkyl halides is 3. The summed E-state index contributed by atoms with van der Waals surface area (Å²) in [6.07, 6.45) is -4.09. The van der Waals surface area contributed by atoms with Gasteiger partial charge in [-0.15, -0.1) is 15.3 Å². The molecule has 2 aromatic heterocycles. The number of carbonyl (C=O) groups excluding carboxylic acids is 2. The Kier molecular flexibility index (Phi) is 5.95. The number of hydrogen-bond donors (Lipinski definition) is 0. The molecule has 33 heavy (non-hydrogen) atoms. The van der Waals surface area contributed by atoms with Gasteiger partial charge in [0.1, 0.15) is 17.5 Å². The highest BCUT2D eigenvalue weighted by molar-refractivity contribution is 5.98. The molecule has 8 nitrogen and oxygen atoms in total. The quantitative estimate of drug-likeness (QED) is 0.322. The van der Waals surface area contributed by atoms with E-state index in [1.807, 2.05) is 0 Å². The van der Waals surface area contributed by atoms with Crippen LogP contribution in [0, 0.1) is 17.6 Å². The molecule has 1 saturated heterocycles. The van der Waals surface area contributed by atoms with Crippen molar-refractivity contribution in [3.05, 3.63) is 53.4 Å². The maximum absolute atomic E-state index is 13.7. The predicted molar refractivity (Wildman–Crippen MR) is 102 cm³/mol. The van der Waals surface area contributed by atoms with Gasteiger partial charge in [-0.05, 0) is 37.1 Å². The second-order valence-corrected chi connectivity index (χ2v) is 7.40. The molecular formula is C20H16F5N5O3. The van der Waals surface area contributed by atoms with Gasteiger partial charge in [0, 0.05) is 19.2 Å². The fourth-order valence-electron chi connectivity index (χ4n) is 3.52. The Labute approximate surface area is 183 Å². The minimum absolute atomic E-state index is 0.0493. The van der Waals surface area contributed by atoms with Crippen LogP contribution in [0.1, 0.15) is 29.0 Å². The second-order valence-electron chi connectivity index (χ2n) is 7.40. The zero-order chi connectivity index (χ0) is 23.8. The maximum Gasteiger partial charge on any atom is 0.453 e. The summed E-state index contributed by atoms with van der Waals surface area (Å²) in [5.41, 5.74) is -0.431. The lowest BCUT2D eigenvalue weighted by molar-refractivity contribution is -0.148. The van der Waals surface area contributed by atoms with Crippen molar-refractivity contribution in [1.29, 1.82) is 0 Å². The fourth-order valence-corrected chi connectivity index (χ4v) is 3.52. The van der Waals surface area contributed by atoms with Gasteiger partial charge in [0.2, 0.25) is 5.78 Å². The third kappa shape index (κ3) is 4.76. The Morgan fingerprint density at radius 1 is 1.06 bits per heavy atom. The summed E-state index contributed by atoms with van der Waals surface area (Å²) < 4.78 is 71.4. The first kappa shape index (κ1) is 22.6. The molecule has 0 atom stereocenters. The van der Waals surface area contributed by atoms with E-state index in [0.29, 0.717) is 36.5 Å². The third-order valence-electron chi connectivity index (χ3n) is 5.23. The number of carbonyl (C=O) groups is 2. The minimum atomic E-state index is -4.71. The summed E-state index contributed by atoms with van der Waals surface area (Å²) in [6, 6.07) is 5.34. The number of piperidine rings is 1. The van der Waals surface area contributed by atoms with Crippen molar-refractivity contribution >= 4 is 23.2 Å². The van der Waals surface area contributed by atoms with Gasteiger partial charge in [-0.25, -0.2) is 8.78 Å². The van der Waals surface area contributed by atoms with Crippen LogP contribution >= 0.6 is 0 Å². The van der Waals surface area contributed by atoms with E-state index in [4.69, 9.17) is 4.74 Å². The molecule has 0 spiro atoms. The van der Waals surface area contributed by atoms with Crippen LogP contribution in [0.3, 0.4) is 0 Å². The molecule has 0 amide bonds. The van der Waals surface area contributed by atoms with Gasteiger partial charge in [-0.2, -0.15) is 17.7 Å². The highest BCUT2D eigenvalue weighted by atomic mass is 19.4. The van der Waals surface area contributed by atoms with Crippen molar-refractivity contribution < 1.29 is 36.3 Å². The summed E-state index contributed by atoms with van der Waals surface area (Å²) in [5.74, 6) is -4.84. The van der Waals surface area contributed by atoms with Crippen LogP contribution in [0.4, 0.5) is 27.8 Å². The van der Waals surface area contributed by atoms with Crippen molar-refractivity contribution in [3.63, 3.8) is 0 Å². The van der Waals surface area contributed by atoms with Gasteiger partial charge in [-0.1, -0.05) is 0 Å². The number of halogens is 5. The molecule has 3 aromatic rings. The van der Waals surface area contributed by atoms with Gasteiger partial charge in [-0.3, -0.25) is 9.59 Å². The van der Waals surface area contributed by atoms with E-state index >= 15 is 0 Å². The fraction of sp³-hybridized carbons (Fsp3) is 0.350. The Hall–Kier alpha value is -3.64. The first-order chi connectivity index (χ1) is 15.6. The molecule has 0 N–H and O–H groups in total. The van der Waals surface area contributed by atoms with Gasteiger partial charge in [0.15, 0.2) is 12.3 Å². The van der Waals surface area contributed by atoms with Crippen molar-refractivity contribution in [3.8, 4) is 0 Å². The molecule has 1 aromatic carbocycles. The zero-order valence-electron chi connectivity index (χ0n) is 16.9. The predicted octanol–water partition coefficient (Wildman–Crippen LogP) is 3.06. The number of anilines is 1. The molecule has 0 bridgehead atoms. The first-order valence-electron chi connectivity index (χ1n) is 9.83. The maximum atomic E-state index is 13.7. The Morgan fingerprint density at radius 3 is 2.45 bits per heavy atom. The summed E-state index contributed by atoms with van der Waals surface area (Å²) in [7, 11) is 0. The normalized spacial score (nSPS) is 15.1. The number of fused-ring (bicyclic) bond motifs is 1. The summed E-state index contributed by atoms with van der Waals surface area (Å²) in [6.45, 7) is -0.0712. The summed E-state index contributed by atoms with van der Waals surface area (Å²) in [4.78, 5) is 26.0. The smallest absolute Gasteiger partial charge is 0.453 e. The lowest BCUT2D eigenvalue weighted by Gasteiger charge is -2.31. The largest absolute Gasteiger partial charge is 0.457 e. The van der Waals surface area contributed by atoms with E-state index in [-0.39, 0.29) is 17.0 Å². The second kappa shape index (κ2) is 8.71. The molecule has 3 heterocycles. The number of benzene rings is 1. The monoisotopic (exact) mass is 469 g/mol. The van der Waals surface area contributed by atoms with Crippen LogP contribution in [0.25, 0.3) is 5.65 Å². The molecule has 1 aliphatic rings. The highest BCUT2D eigenvalue weighted by Crippen LogP contribution is 2.29. The molecule has 1 aliphatic heterocycles. The van der Waals surface area contributed by atoms with Crippen molar-refractivity contribution in [2.45, 2.75) is 19.0 Å². The number of hydrogen-bond acceptors (Lipinski definition) is 7. The van der Waals surface area contributed by atoms with Crippen LogP contribution < -0.4 is 4.90 Å². The van der Waals surface area contributed by atoms with Crippen LogP contribution in [0.5, 0.6) is 0 Å². The van der Waals surface area contributed by atoms with E-state index in [2.05, 4.69) is 15.3 Å². The number of ether oxygens (including phenoxy) is 1. The number of aromatic nitrogens is 4. The number of Topliss-reactive ketones (excluding diaryl/α,β-unsaturated/α-hetero) is 1. The Bertz CT molecular complexity index is 1200. The molecule has 0 saturated carbocycles. The average Bonchev–Trinajstić information content (AvgIpc) is 3.21. The molecular weight excluding hydrogens is 453 g/mol. The van der Waals surface area contributed by atoms with Gasteiger partial charge >= 0.3 is 12.1 Å². The Balaban J connectivity index is 1.35. The number of nitrogens with zero attached hydrogens (tertiary/aromatic N) is 5. The topological polar surface area (TPSA) is 89.7 Å². The average molecular weight is 469 g/mol. The van der Waals surface area contributed by atoms with Crippen molar-refractivity contribution in [1.82, 2.24) is 19.8 Å². The third-order valence-corrected chi connectivity index (χ3v) is 5.23.